The van der Waals surface area contributed by atoms with Gasteiger partial charge in [0.05, 0.1) is 0 Å². The number of hydrogen-bond acceptors (Lipinski definition) is 3. The Morgan fingerprint density at radius 3 is 2.06 bits per heavy atom. The molecular weight excluding hydrogens is 218 g/mol. The maximum absolute atomic E-state index is 10.6. The first-order chi connectivity index (χ1) is 7.91. The maximum atomic E-state index is 10.6. The summed E-state index contributed by atoms with van der Waals surface area (Å²) in [5, 5.41) is 18.2. The highest BCUT2D eigenvalue weighted by Crippen LogP contribution is 2.23. The molecule has 0 aliphatic carbocycles. The van der Waals surface area contributed by atoms with E-state index in [1.165, 1.54) is 0 Å². The number of hydrogen-bond donors (Lipinski definition) is 3. The van der Waals surface area contributed by atoms with Gasteiger partial charge >= 0.3 is 5.97 Å². The number of carboxylic acid groups (broad SMARTS) is 1. The summed E-state index contributed by atoms with van der Waals surface area (Å²) >= 11 is 0. The fourth-order valence-electron chi connectivity index (χ4n) is 1.50. The summed E-state index contributed by atoms with van der Waals surface area (Å²) < 4.78 is 0. The van der Waals surface area contributed by atoms with Gasteiger partial charge in [-0.1, -0.05) is 26.0 Å². The zero-order chi connectivity index (χ0) is 13.6. The number of aryl methyl sites for hydroxylation is 2. The molecule has 4 nitrogen and oxygen atoms in total. The molecule has 96 valence electrons. The zero-order valence-electron chi connectivity index (χ0n) is 10.8. The van der Waals surface area contributed by atoms with Gasteiger partial charge in [-0.3, -0.25) is 4.79 Å². The molecule has 0 aliphatic rings. The minimum absolute atomic E-state index is 0.252. The van der Waals surface area contributed by atoms with Crippen LogP contribution in [0.15, 0.2) is 12.1 Å². The lowest BCUT2D eigenvalue weighted by atomic mass is 10.0. The van der Waals surface area contributed by atoms with E-state index in [-0.39, 0.29) is 12.2 Å². The molecule has 1 atom stereocenters. The number of aromatic hydroxyl groups is 1. The molecule has 0 radical (unpaired) electrons. The molecule has 1 unspecified atom stereocenters. The van der Waals surface area contributed by atoms with E-state index in [0.717, 1.165) is 16.7 Å². The van der Waals surface area contributed by atoms with Gasteiger partial charge in [0.25, 0.3) is 0 Å². The first-order valence-electron chi connectivity index (χ1n) is 5.69. The lowest BCUT2D eigenvalue weighted by molar-refractivity contribution is -0.138. The molecule has 0 bridgehead atoms. The highest BCUT2D eigenvalue weighted by molar-refractivity contribution is 5.73. The van der Waals surface area contributed by atoms with Crippen LogP contribution >= 0.6 is 0 Å². The molecule has 0 amide bonds. The van der Waals surface area contributed by atoms with Gasteiger partial charge < -0.3 is 15.9 Å². The lowest BCUT2D eigenvalue weighted by Crippen LogP contribution is -2.32. The summed E-state index contributed by atoms with van der Waals surface area (Å²) in [4.78, 5) is 10.6. The predicted octanol–water partition coefficient (Wildman–Crippen LogP) is 1.99. The van der Waals surface area contributed by atoms with E-state index < -0.39 is 12.0 Å². The van der Waals surface area contributed by atoms with Crippen LogP contribution in [0.2, 0.25) is 0 Å². The van der Waals surface area contributed by atoms with Crippen LogP contribution in [0.4, 0.5) is 0 Å². The summed E-state index contributed by atoms with van der Waals surface area (Å²) in [5.41, 5.74) is 7.73. The zero-order valence-corrected chi connectivity index (χ0v) is 10.8. The Kier molecular flexibility index (Phi) is 6.28. The van der Waals surface area contributed by atoms with Crippen LogP contribution in [0, 0.1) is 13.8 Å². The van der Waals surface area contributed by atoms with Crippen LogP contribution < -0.4 is 5.73 Å². The van der Waals surface area contributed by atoms with Gasteiger partial charge in [0, 0.05) is 0 Å². The predicted molar refractivity (Wildman–Crippen MR) is 68.2 cm³/mol. The van der Waals surface area contributed by atoms with Crippen LogP contribution in [0.25, 0.3) is 0 Å². The largest absolute Gasteiger partial charge is 0.507 e. The number of benzene rings is 1. The Morgan fingerprint density at radius 1 is 1.29 bits per heavy atom. The van der Waals surface area contributed by atoms with Gasteiger partial charge in [-0.2, -0.15) is 0 Å². The SMILES string of the molecule is CC.Cc1cc(CC(N)C(=O)O)cc(C)c1O. The number of nitrogens with two attached hydrogens (primary N) is 1. The van der Waals surface area contributed by atoms with Crippen molar-refractivity contribution in [3.05, 3.63) is 28.8 Å². The molecule has 0 aliphatic heterocycles. The number of phenols is 1. The van der Waals surface area contributed by atoms with Crippen molar-refractivity contribution < 1.29 is 15.0 Å². The minimum atomic E-state index is -1.02. The molecule has 4 N–H and O–H groups in total. The summed E-state index contributed by atoms with van der Waals surface area (Å²) in [6.07, 6.45) is 0.275. The van der Waals surface area contributed by atoms with E-state index in [9.17, 15) is 9.90 Å². The molecule has 0 saturated carbocycles. The average molecular weight is 239 g/mol. The molecular formula is C13H21NO3. The average Bonchev–Trinajstić information content (AvgIpc) is 2.28. The molecule has 1 rings (SSSR count). The third-order valence-corrected chi connectivity index (χ3v) is 2.32. The Bertz CT molecular complexity index is 365. The standard InChI is InChI=1S/C11H15NO3.C2H6/c1-6-3-8(4-7(2)10(6)13)5-9(12)11(14)15;1-2/h3-4,9,13H,5,12H2,1-2H3,(H,14,15);1-2H3. The molecule has 1 aromatic rings. The van der Waals surface area contributed by atoms with Gasteiger partial charge in [-0.15, -0.1) is 0 Å². The van der Waals surface area contributed by atoms with Gasteiger partial charge in [-0.05, 0) is 37.0 Å². The number of carbonyl (C=O) groups is 1. The number of carboxylic acids is 1. The van der Waals surface area contributed by atoms with E-state index in [0.29, 0.717) is 0 Å². The van der Waals surface area contributed by atoms with Crippen molar-refractivity contribution in [2.45, 2.75) is 40.2 Å². The van der Waals surface area contributed by atoms with Gasteiger partial charge in [0.2, 0.25) is 0 Å². The van der Waals surface area contributed by atoms with E-state index in [1.54, 1.807) is 26.0 Å². The lowest BCUT2D eigenvalue weighted by Gasteiger charge is -2.10. The first kappa shape index (κ1) is 15.5. The van der Waals surface area contributed by atoms with E-state index in [1.807, 2.05) is 13.8 Å². The molecule has 4 heteroatoms. The second-order valence-corrected chi connectivity index (χ2v) is 3.73. The molecule has 17 heavy (non-hydrogen) atoms. The molecule has 0 aromatic heterocycles. The molecule has 0 heterocycles. The van der Waals surface area contributed by atoms with Crippen molar-refractivity contribution in [2.24, 2.45) is 5.73 Å². The molecule has 1 aromatic carbocycles. The van der Waals surface area contributed by atoms with Crippen molar-refractivity contribution in [2.75, 3.05) is 0 Å². The molecule has 0 spiro atoms. The summed E-state index contributed by atoms with van der Waals surface area (Å²) in [5.74, 6) is -0.763. The fourth-order valence-corrected chi connectivity index (χ4v) is 1.50. The minimum Gasteiger partial charge on any atom is -0.507 e. The van der Waals surface area contributed by atoms with Crippen LogP contribution in [-0.4, -0.2) is 22.2 Å². The highest BCUT2D eigenvalue weighted by Gasteiger charge is 2.13. The van der Waals surface area contributed by atoms with Crippen LogP contribution in [0.1, 0.15) is 30.5 Å². The number of phenolic OH excluding ortho intramolecular Hbond substituents is 1. The van der Waals surface area contributed by atoms with Crippen LogP contribution in [0.3, 0.4) is 0 Å². The monoisotopic (exact) mass is 239 g/mol. The Hall–Kier alpha value is -1.55. The normalized spacial score (nSPS) is 11.4. The smallest absolute Gasteiger partial charge is 0.320 e. The topological polar surface area (TPSA) is 83.6 Å². The third kappa shape index (κ3) is 4.44. The van der Waals surface area contributed by atoms with Gasteiger partial charge in [-0.25, -0.2) is 0 Å². The van der Waals surface area contributed by atoms with Crippen molar-refractivity contribution in [1.29, 1.82) is 0 Å². The number of rotatable bonds is 3. The van der Waals surface area contributed by atoms with E-state index >= 15 is 0 Å². The van der Waals surface area contributed by atoms with Gasteiger partial charge in [0.1, 0.15) is 11.8 Å². The van der Waals surface area contributed by atoms with Crippen molar-refractivity contribution >= 4 is 5.97 Å². The van der Waals surface area contributed by atoms with Crippen LogP contribution in [0.5, 0.6) is 5.75 Å². The third-order valence-electron chi connectivity index (χ3n) is 2.32. The van der Waals surface area contributed by atoms with Crippen molar-refractivity contribution in [1.82, 2.24) is 0 Å². The van der Waals surface area contributed by atoms with Gasteiger partial charge in [0.15, 0.2) is 0 Å². The molecule has 0 saturated heterocycles. The first-order valence-corrected chi connectivity index (χ1v) is 5.69. The maximum Gasteiger partial charge on any atom is 0.320 e. The Labute approximate surface area is 102 Å². The second kappa shape index (κ2) is 6.91. The number of aliphatic carboxylic acids is 1. The van der Waals surface area contributed by atoms with Crippen molar-refractivity contribution in [3.8, 4) is 5.75 Å². The fraction of sp³-hybridized carbons (Fsp3) is 0.462. The van der Waals surface area contributed by atoms with Crippen LogP contribution in [-0.2, 0) is 11.2 Å². The summed E-state index contributed by atoms with van der Waals surface area (Å²) in [6, 6.07) is 2.62. The summed E-state index contributed by atoms with van der Waals surface area (Å²) in [6.45, 7) is 7.55. The van der Waals surface area contributed by atoms with Crippen molar-refractivity contribution in [3.63, 3.8) is 0 Å². The van der Waals surface area contributed by atoms with E-state index in [2.05, 4.69) is 0 Å². The quantitative estimate of drug-likeness (QED) is 0.753. The highest BCUT2D eigenvalue weighted by atomic mass is 16.4. The second-order valence-electron chi connectivity index (χ2n) is 3.73. The Morgan fingerprint density at radius 2 is 1.71 bits per heavy atom. The Balaban J connectivity index is 0.00000121. The molecule has 0 fully saturated rings. The van der Waals surface area contributed by atoms with E-state index in [4.69, 9.17) is 10.8 Å². The summed E-state index contributed by atoms with van der Waals surface area (Å²) in [7, 11) is 0.